The molecule has 1 fully saturated rings. The van der Waals surface area contributed by atoms with E-state index >= 15 is 0 Å². The van der Waals surface area contributed by atoms with Crippen molar-refractivity contribution in [2.45, 2.75) is 32.9 Å². The van der Waals surface area contributed by atoms with Crippen molar-refractivity contribution in [3.63, 3.8) is 0 Å². The number of rotatable bonds is 3. The van der Waals surface area contributed by atoms with Crippen LogP contribution in [0.4, 0.5) is 4.79 Å². The molecule has 0 bridgehead atoms. The quantitative estimate of drug-likeness (QED) is 0.712. The van der Waals surface area contributed by atoms with E-state index in [1.807, 2.05) is 32.9 Å². The van der Waals surface area contributed by atoms with Crippen LogP contribution in [-0.4, -0.2) is 60.8 Å². The molecule has 1 saturated heterocycles. The highest BCUT2D eigenvalue weighted by Crippen LogP contribution is 2.21. The van der Waals surface area contributed by atoms with E-state index in [1.165, 1.54) is 7.11 Å². The number of ether oxygens (including phenoxy) is 2. The first kappa shape index (κ1) is 19.7. The van der Waals surface area contributed by atoms with Crippen LogP contribution in [0.1, 0.15) is 36.7 Å². The molecule has 138 valence electrons. The Morgan fingerprint density at radius 2 is 1.80 bits per heavy atom. The molecule has 1 aromatic carbocycles. The van der Waals surface area contributed by atoms with Crippen LogP contribution in [0, 0.1) is 0 Å². The van der Waals surface area contributed by atoms with E-state index in [9.17, 15) is 9.59 Å². The lowest BCUT2D eigenvalue weighted by Crippen LogP contribution is -2.49. The lowest BCUT2D eigenvalue weighted by atomic mass is 10.1. The number of carbonyl (C=O) groups is 2. The normalized spacial score (nSPS) is 15.8. The Bertz CT molecular complexity index is 634. The number of carbonyl (C=O) groups excluding carboxylic acids is 2. The maximum absolute atomic E-state index is 12.1. The SMILES string of the molecule is COC(=O)c1ccc(Br)c(CN2CCN(C(=O)OC(C)(C)C)CC2)c1. The Kier molecular flexibility index (Phi) is 6.46. The number of piperazine rings is 1. The van der Waals surface area contributed by atoms with Gasteiger partial charge in [0.1, 0.15) is 5.60 Å². The van der Waals surface area contributed by atoms with E-state index in [-0.39, 0.29) is 12.1 Å². The molecule has 1 heterocycles. The summed E-state index contributed by atoms with van der Waals surface area (Å²) in [5.74, 6) is -0.344. The van der Waals surface area contributed by atoms with Gasteiger partial charge in [-0.15, -0.1) is 0 Å². The molecular formula is C18H25BrN2O4. The van der Waals surface area contributed by atoms with E-state index in [0.29, 0.717) is 25.2 Å². The van der Waals surface area contributed by atoms with Crippen LogP contribution >= 0.6 is 15.9 Å². The van der Waals surface area contributed by atoms with Gasteiger partial charge in [-0.25, -0.2) is 9.59 Å². The lowest BCUT2D eigenvalue weighted by Gasteiger charge is -2.35. The first-order chi connectivity index (χ1) is 11.7. The summed E-state index contributed by atoms with van der Waals surface area (Å²) >= 11 is 3.53. The molecule has 0 aliphatic carbocycles. The number of amides is 1. The molecule has 0 radical (unpaired) electrons. The van der Waals surface area contributed by atoms with Gasteiger partial charge in [-0.1, -0.05) is 15.9 Å². The first-order valence-electron chi connectivity index (χ1n) is 8.26. The molecule has 2 rings (SSSR count). The third-order valence-electron chi connectivity index (χ3n) is 3.88. The number of hydrogen-bond donors (Lipinski definition) is 0. The van der Waals surface area contributed by atoms with E-state index in [4.69, 9.17) is 9.47 Å². The van der Waals surface area contributed by atoms with Crippen LogP contribution in [0.25, 0.3) is 0 Å². The van der Waals surface area contributed by atoms with Gasteiger partial charge in [0.05, 0.1) is 12.7 Å². The van der Waals surface area contributed by atoms with Crippen molar-refractivity contribution in [2.24, 2.45) is 0 Å². The van der Waals surface area contributed by atoms with Gasteiger partial charge in [0.25, 0.3) is 0 Å². The summed E-state index contributed by atoms with van der Waals surface area (Å²) in [6, 6.07) is 5.44. The summed E-state index contributed by atoms with van der Waals surface area (Å²) in [6.45, 7) is 9.08. The minimum absolute atomic E-state index is 0.263. The van der Waals surface area contributed by atoms with E-state index in [0.717, 1.165) is 23.1 Å². The van der Waals surface area contributed by atoms with Gasteiger partial charge >= 0.3 is 12.1 Å². The largest absolute Gasteiger partial charge is 0.465 e. The fourth-order valence-corrected chi connectivity index (χ4v) is 2.97. The van der Waals surface area contributed by atoms with Gasteiger partial charge in [-0.3, -0.25) is 4.90 Å². The number of benzene rings is 1. The second kappa shape index (κ2) is 8.19. The summed E-state index contributed by atoms with van der Waals surface area (Å²) in [5.41, 5.74) is 1.08. The molecule has 0 atom stereocenters. The molecule has 0 N–H and O–H groups in total. The van der Waals surface area contributed by atoms with E-state index in [2.05, 4.69) is 20.8 Å². The number of esters is 1. The highest BCUT2D eigenvalue weighted by Gasteiger charge is 2.26. The topological polar surface area (TPSA) is 59.1 Å². The molecular weight excluding hydrogens is 388 g/mol. The molecule has 1 aromatic rings. The molecule has 0 saturated carbocycles. The third kappa shape index (κ3) is 5.71. The Hall–Kier alpha value is -1.60. The van der Waals surface area contributed by atoms with Crippen LogP contribution in [0.15, 0.2) is 22.7 Å². The smallest absolute Gasteiger partial charge is 0.410 e. The summed E-state index contributed by atoms with van der Waals surface area (Å²) in [5, 5.41) is 0. The van der Waals surface area contributed by atoms with Crippen LogP contribution < -0.4 is 0 Å². The third-order valence-corrected chi connectivity index (χ3v) is 4.66. The maximum atomic E-state index is 12.1. The van der Waals surface area contributed by atoms with E-state index < -0.39 is 5.60 Å². The van der Waals surface area contributed by atoms with Crippen LogP contribution in [0.2, 0.25) is 0 Å². The second-order valence-electron chi connectivity index (χ2n) is 7.04. The molecule has 1 aliphatic heterocycles. The minimum Gasteiger partial charge on any atom is -0.465 e. The van der Waals surface area contributed by atoms with Crippen molar-refractivity contribution in [3.05, 3.63) is 33.8 Å². The first-order valence-corrected chi connectivity index (χ1v) is 9.06. The number of methoxy groups -OCH3 is 1. The minimum atomic E-state index is -0.479. The van der Waals surface area contributed by atoms with Gasteiger partial charge in [-0.05, 0) is 44.5 Å². The van der Waals surface area contributed by atoms with Crippen molar-refractivity contribution in [1.82, 2.24) is 9.80 Å². The summed E-state index contributed by atoms with van der Waals surface area (Å²) in [4.78, 5) is 27.8. The Balaban J connectivity index is 1.94. The number of hydrogen-bond acceptors (Lipinski definition) is 5. The van der Waals surface area contributed by atoms with Crippen LogP contribution in [0.3, 0.4) is 0 Å². The van der Waals surface area contributed by atoms with Crippen LogP contribution in [-0.2, 0) is 16.0 Å². The number of nitrogens with zero attached hydrogens (tertiary/aromatic N) is 2. The van der Waals surface area contributed by atoms with Crippen molar-refractivity contribution in [3.8, 4) is 0 Å². The Morgan fingerprint density at radius 3 is 2.36 bits per heavy atom. The highest BCUT2D eigenvalue weighted by molar-refractivity contribution is 9.10. The van der Waals surface area contributed by atoms with Crippen molar-refractivity contribution >= 4 is 28.0 Å². The van der Waals surface area contributed by atoms with Gasteiger partial charge in [-0.2, -0.15) is 0 Å². The molecule has 1 amide bonds. The summed E-state index contributed by atoms with van der Waals surface area (Å²) in [7, 11) is 1.37. The predicted octanol–water partition coefficient (Wildman–Crippen LogP) is 3.29. The average molecular weight is 413 g/mol. The molecule has 0 unspecified atom stereocenters. The Morgan fingerprint density at radius 1 is 1.16 bits per heavy atom. The second-order valence-corrected chi connectivity index (χ2v) is 7.90. The molecule has 0 aromatic heterocycles. The summed E-state index contributed by atoms with van der Waals surface area (Å²) < 4.78 is 11.1. The predicted molar refractivity (Wildman–Crippen MR) is 98.6 cm³/mol. The fraction of sp³-hybridized carbons (Fsp3) is 0.556. The average Bonchev–Trinajstić information content (AvgIpc) is 2.55. The maximum Gasteiger partial charge on any atom is 0.410 e. The van der Waals surface area contributed by atoms with Crippen molar-refractivity contribution in [2.75, 3.05) is 33.3 Å². The zero-order valence-electron chi connectivity index (χ0n) is 15.2. The molecule has 0 spiro atoms. The Labute approximate surface area is 157 Å². The van der Waals surface area contributed by atoms with Crippen molar-refractivity contribution < 1.29 is 19.1 Å². The highest BCUT2D eigenvalue weighted by atomic mass is 79.9. The molecule has 7 heteroatoms. The summed E-state index contributed by atoms with van der Waals surface area (Å²) in [6.07, 6.45) is -0.263. The van der Waals surface area contributed by atoms with Gasteiger partial charge in [0.2, 0.25) is 0 Å². The molecule has 1 aliphatic rings. The number of halogens is 1. The van der Waals surface area contributed by atoms with Crippen LogP contribution in [0.5, 0.6) is 0 Å². The fourth-order valence-electron chi connectivity index (χ4n) is 2.60. The zero-order valence-corrected chi connectivity index (χ0v) is 16.8. The zero-order chi connectivity index (χ0) is 18.6. The van der Waals surface area contributed by atoms with Gasteiger partial charge in [0, 0.05) is 37.2 Å². The standard InChI is InChI=1S/C18H25BrN2O4/c1-18(2,3)25-17(23)21-9-7-20(8-10-21)12-14-11-13(16(22)24-4)5-6-15(14)19/h5-6,11H,7-10,12H2,1-4H3. The molecule has 6 nitrogen and oxygen atoms in total. The molecule has 25 heavy (non-hydrogen) atoms. The van der Waals surface area contributed by atoms with Gasteiger partial charge in [0.15, 0.2) is 0 Å². The monoisotopic (exact) mass is 412 g/mol. The van der Waals surface area contributed by atoms with Crippen molar-refractivity contribution in [1.29, 1.82) is 0 Å². The lowest BCUT2D eigenvalue weighted by molar-refractivity contribution is 0.0138. The van der Waals surface area contributed by atoms with E-state index in [1.54, 1.807) is 11.0 Å². The van der Waals surface area contributed by atoms with Gasteiger partial charge < -0.3 is 14.4 Å².